The van der Waals surface area contributed by atoms with Gasteiger partial charge in [0, 0.05) is 11.4 Å². The Kier molecular flexibility index (Phi) is 10.6. The number of unbranched alkanes of at least 4 members (excludes halogenated alkanes) is 4. The zero-order valence-corrected chi connectivity index (χ0v) is 24.3. The maximum absolute atomic E-state index is 13.3. The molecular weight excluding hydrogens is 514 g/mol. The highest BCUT2D eigenvalue weighted by molar-refractivity contribution is 8.01. The summed E-state index contributed by atoms with van der Waals surface area (Å²) in [5.74, 6) is -1.03. The number of aryl methyl sites for hydroxylation is 1. The van der Waals surface area contributed by atoms with Gasteiger partial charge in [0.05, 0.1) is 12.1 Å². The Morgan fingerprint density at radius 3 is 2.28 bits per heavy atom. The third-order valence-corrected chi connectivity index (χ3v) is 7.71. The van der Waals surface area contributed by atoms with E-state index in [1.165, 1.54) is 16.4 Å². The molecule has 1 unspecified atom stereocenters. The molecule has 1 aromatic heterocycles. The summed E-state index contributed by atoms with van der Waals surface area (Å²) in [6, 6.07) is 14.6. The summed E-state index contributed by atoms with van der Waals surface area (Å²) in [5.41, 5.74) is 2.23. The summed E-state index contributed by atoms with van der Waals surface area (Å²) in [6.45, 7) is 10.0. The summed E-state index contributed by atoms with van der Waals surface area (Å²) in [7, 11) is 0. The summed E-state index contributed by atoms with van der Waals surface area (Å²) in [4.78, 5) is 38.4. The predicted molar refractivity (Wildman–Crippen MR) is 153 cm³/mol. The van der Waals surface area contributed by atoms with Crippen molar-refractivity contribution in [1.29, 1.82) is 0 Å². The van der Waals surface area contributed by atoms with Gasteiger partial charge in [-0.15, -0.1) is 11.8 Å². The normalized spacial score (nSPS) is 12.3. The number of carboxylic acid groups (broad SMARTS) is 1. The van der Waals surface area contributed by atoms with Crippen LogP contribution in [0.1, 0.15) is 93.2 Å². The SMILES string of the molecule is CCCCCCCn1c(C(C)OC(=O)c2ccc(SC(C)(C)C(=O)O)cc2)nn(Cc2ccc(C)cc2)c1=O. The number of nitrogens with zero attached hydrogens (tertiary/aromatic N) is 3. The van der Waals surface area contributed by atoms with E-state index in [0.29, 0.717) is 24.5 Å². The van der Waals surface area contributed by atoms with E-state index >= 15 is 0 Å². The summed E-state index contributed by atoms with van der Waals surface area (Å²) in [5, 5.41) is 13.9. The van der Waals surface area contributed by atoms with Crippen LogP contribution in [0.3, 0.4) is 0 Å². The van der Waals surface area contributed by atoms with Crippen molar-refractivity contribution >= 4 is 23.7 Å². The minimum Gasteiger partial charge on any atom is -0.480 e. The minimum atomic E-state index is -0.992. The van der Waals surface area contributed by atoms with Gasteiger partial charge in [-0.1, -0.05) is 62.4 Å². The first-order valence-electron chi connectivity index (χ1n) is 13.5. The Morgan fingerprint density at radius 1 is 1.03 bits per heavy atom. The number of carboxylic acids is 1. The predicted octanol–water partition coefficient (Wildman–Crippen LogP) is 6.25. The van der Waals surface area contributed by atoms with Crippen molar-refractivity contribution in [3.05, 3.63) is 81.5 Å². The lowest BCUT2D eigenvalue weighted by molar-refractivity contribution is -0.138. The van der Waals surface area contributed by atoms with Gasteiger partial charge in [0.1, 0.15) is 4.75 Å². The van der Waals surface area contributed by atoms with E-state index in [-0.39, 0.29) is 5.69 Å². The van der Waals surface area contributed by atoms with Crippen LogP contribution in [-0.2, 0) is 22.6 Å². The molecule has 0 spiro atoms. The summed E-state index contributed by atoms with van der Waals surface area (Å²) in [6.07, 6.45) is 4.54. The number of carbonyl (C=O) groups is 2. The fraction of sp³-hybridized carbons (Fsp3) is 0.467. The fourth-order valence-corrected chi connectivity index (χ4v) is 5.04. The standard InChI is InChI=1S/C30H39N3O5S/c1-6-7-8-9-10-19-32-26(31-33(29(32)37)20-23-13-11-21(2)12-14-23)22(3)38-27(34)24-15-17-25(18-16-24)39-30(4,5)28(35)36/h11-18,22H,6-10,19-20H2,1-5H3,(H,35,36). The van der Waals surface area contributed by atoms with Gasteiger partial charge in [-0.05, 0) is 63.9 Å². The molecule has 0 aliphatic rings. The molecule has 1 heterocycles. The molecule has 1 atom stereocenters. The molecule has 39 heavy (non-hydrogen) atoms. The van der Waals surface area contributed by atoms with E-state index in [9.17, 15) is 19.5 Å². The van der Waals surface area contributed by atoms with Crippen LogP contribution in [0.2, 0.25) is 0 Å². The second-order valence-electron chi connectivity index (χ2n) is 10.3. The lowest BCUT2D eigenvalue weighted by Crippen LogP contribution is -2.26. The van der Waals surface area contributed by atoms with Crippen LogP contribution in [0.5, 0.6) is 0 Å². The average molecular weight is 554 g/mol. The first-order valence-corrected chi connectivity index (χ1v) is 14.3. The van der Waals surface area contributed by atoms with E-state index in [2.05, 4.69) is 12.0 Å². The Labute approximate surface area is 234 Å². The fourth-order valence-electron chi connectivity index (χ4n) is 4.09. The Morgan fingerprint density at radius 2 is 1.67 bits per heavy atom. The second kappa shape index (κ2) is 13.6. The third-order valence-electron chi connectivity index (χ3n) is 6.52. The highest BCUT2D eigenvalue weighted by atomic mass is 32.2. The monoisotopic (exact) mass is 553 g/mol. The number of rotatable bonds is 14. The van der Waals surface area contributed by atoms with Crippen molar-refractivity contribution in [2.24, 2.45) is 0 Å². The van der Waals surface area contributed by atoms with Gasteiger partial charge in [0.15, 0.2) is 11.9 Å². The first-order chi connectivity index (χ1) is 18.5. The van der Waals surface area contributed by atoms with E-state index < -0.39 is 22.8 Å². The number of aromatic nitrogens is 3. The zero-order chi connectivity index (χ0) is 28.6. The van der Waals surface area contributed by atoms with Crippen LogP contribution < -0.4 is 5.69 Å². The number of benzene rings is 2. The molecule has 0 aliphatic carbocycles. The zero-order valence-electron chi connectivity index (χ0n) is 23.5. The lowest BCUT2D eigenvalue weighted by atomic mass is 10.1. The lowest BCUT2D eigenvalue weighted by Gasteiger charge is -2.18. The first kappa shape index (κ1) is 30.2. The van der Waals surface area contributed by atoms with Gasteiger partial charge in [0.2, 0.25) is 0 Å². The Bertz CT molecular complexity index is 1310. The van der Waals surface area contributed by atoms with Crippen molar-refractivity contribution in [2.45, 2.75) is 95.6 Å². The largest absolute Gasteiger partial charge is 0.480 e. The smallest absolute Gasteiger partial charge is 0.346 e. The van der Waals surface area contributed by atoms with Gasteiger partial charge < -0.3 is 9.84 Å². The molecule has 0 radical (unpaired) electrons. The van der Waals surface area contributed by atoms with E-state index in [0.717, 1.165) is 48.1 Å². The number of aliphatic carboxylic acids is 1. The molecule has 0 saturated heterocycles. The molecule has 210 valence electrons. The van der Waals surface area contributed by atoms with Crippen LogP contribution >= 0.6 is 11.8 Å². The van der Waals surface area contributed by atoms with Crippen LogP contribution in [0.15, 0.2) is 58.2 Å². The van der Waals surface area contributed by atoms with Crippen LogP contribution in [0.4, 0.5) is 0 Å². The average Bonchev–Trinajstić information content (AvgIpc) is 3.20. The summed E-state index contributed by atoms with van der Waals surface area (Å²) >= 11 is 1.20. The highest BCUT2D eigenvalue weighted by Gasteiger charge is 2.28. The van der Waals surface area contributed by atoms with Crippen LogP contribution in [0, 0.1) is 6.92 Å². The van der Waals surface area contributed by atoms with Gasteiger partial charge in [0.25, 0.3) is 0 Å². The molecule has 1 N–H and O–H groups in total. The molecular formula is C30H39N3O5S. The Balaban J connectivity index is 1.77. The topological polar surface area (TPSA) is 103 Å². The quantitative estimate of drug-likeness (QED) is 0.143. The number of esters is 1. The highest BCUT2D eigenvalue weighted by Crippen LogP contribution is 2.33. The van der Waals surface area contributed by atoms with Crippen LogP contribution in [-0.4, -0.2) is 36.1 Å². The maximum atomic E-state index is 13.3. The minimum absolute atomic E-state index is 0.216. The number of hydrogen-bond acceptors (Lipinski definition) is 6. The number of carbonyl (C=O) groups excluding carboxylic acids is 1. The molecule has 9 heteroatoms. The third kappa shape index (κ3) is 8.33. The number of thioether (sulfide) groups is 1. The van der Waals surface area contributed by atoms with Crippen molar-refractivity contribution in [2.75, 3.05) is 0 Å². The molecule has 0 amide bonds. The van der Waals surface area contributed by atoms with Crippen molar-refractivity contribution in [3.8, 4) is 0 Å². The van der Waals surface area contributed by atoms with Crippen molar-refractivity contribution in [1.82, 2.24) is 14.3 Å². The van der Waals surface area contributed by atoms with E-state index in [1.54, 1.807) is 49.6 Å². The van der Waals surface area contributed by atoms with Crippen molar-refractivity contribution in [3.63, 3.8) is 0 Å². The molecule has 3 aromatic rings. The summed E-state index contributed by atoms with van der Waals surface area (Å²) < 4.78 is 7.82. The molecule has 8 nitrogen and oxygen atoms in total. The molecule has 0 aliphatic heterocycles. The molecule has 3 rings (SSSR count). The van der Waals surface area contributed by atoms with Gasteiger partial charge >= 0.3 is 17.6 Å². The van der Waals surface area contributed by atoms with Crippen molar-refractivity contribution < 1.29 is 19.4 Å². The number of hydrogen-bond donors (Lipinski definition) is 1. The van der Waals surface area contributed by atoms with Gasteiger partial charge in [-0.2, -0.15) is 5.10 Å². The number of ether oxygens (including phenoxy) is 1. The molecule has 2 aromatic carbocycles. The van der Waals surface area contributed by atoms with E-state index in [4.69, 9.17) is 4.74 Å². The Hall–Kier alpha value is -3.33. The van der Waals surface area contributed by atoms with Crippen LogP contribution in [0.25, 0.3) is 0 Å². The van der Waals surface area contributed by atoms with Gasteiger partial charge in [-0.3, -0.25) is 9.36 Å². The molecule has 0 saturated carbocycles. The second-order valence-corrected chi connectivity index (χ2v) is 12.0. The molecule has 0 fully saturated rings. The van der Waals surface area contributed by atoms with Gasteiger partial charge in [-0.25, -0.2) is 14.3 Å². The van der Waals surface area contributed by atoms with E-state index in [1.807, 2.05) is 31.2 Å². The molecule has 0 bridgehead atoms. The maximum Gasteiger partial charge on any atom is 0.346 e.